The lowest BCUT2D eigenvalue weighted by Crippen LogP contribution is -2.51. The van der Waals surface area contributed by atoms with E-state index in [9.17, 15) is 0 Å². The van der Waals surface area contributed by atoms with Gasteiger partial charge < -0.3 is 5.32 Å². The summed E-state index contributed by atoms with van der Waals surface area (Å²) in [7, 11) is 0. The molecule has 2 aliphatic rings. The van der Waals surface area contributed by atoms with Crippen LogP contribution in [-0.2, 0) is 0 Å². The van der Waals surface area contributed by atoms with Crippen molar-refractivity contribution in [2.45, 2.75) is 71.8 Å². The van der Waals surface area contributed by atoms with Gasteiger partial charge in [-0.1, -0.05) is 46.5 Å². The third-order valence-electron chi connectivity index (χ3n) is 5.48. The van der Waals surface area contributed by atoms with E-state index in [1.165, 1.54) is 51.5 Å². The Morgan fingerprint density at radius 3 is 2.62 bits per heavy atom. The zero-order chi connectivity index (χ0) is 11.6. The summed E-state index contributed by atoms with van der Waals surface area (Å²) in [5.74, 6) is 1.88. The van der Waals surface area contributed by atoms with E-state index in [0.29, 0.717) is 5.41 Å². The molecule has 1 heteroatoms. The monoisotopic (exact) mass is 223 g/mol. The summed E-state index contributed by atoms with van der Waals surface area (Å²) in [6.07, 6.45) is 10.2. The molecule has 0 bridgehead atoms. The van der Waals surface area contributed by atoms with Gasteiger partial charge in [0.05, 0.1) is 0 Å². The summed E-state index contributed by atoms with van der Waals surface area (Å²) < 4.78 is 0. The summed E-state index contributed by atoms with van der Waals surface area (Å²) >= 11 is 0. The maximum absolute atomic E-state index is 3.56. The highest BCUT2D eigenvalue weighted by atomic mass is 15.0. The van der Waals surface area contributed by atoms with Gasteiger partial charge in [-0.2, -0.15) is 0 Å². The lowest BCUT2D eigenvalue weighted by atomic mass is 9.65. The van der Waals surface area contributed by atoms with Gasteiger partial charge in [-0.05, 0) is 43.1 Å². The molecule has 1 saturated heterocycles. The second-order valence-corrected chi connectivity index (χ2v) is 6.69. The molecule has 0 spiro atoms. The number of hydrogen-bond acceptors (Lipinski definition) is 1. The van der Waals surface area contributed by atoms with Gasteiger partial charge in [0, 0.05) is 6.04 Å². The molecule has 1 aliphatic carbocycles. The highest BCUT2D eigenvalue weighted by molar-refractivity contribution is 4.87. The minimum atomic E-state index is 0.658. The zero-order valence-electron chi connectivity index (χ0n) is 11.4. The van der Waals surface area contributed by atoms with Crippen LogP contribution in [0.1, 0.15) is 65.7 Å². The van der Waals surface area contributed by atoms with Gasteiger partial charge in [-0.15, -0.1) is 0 Å². The first-order valence-electron chi connectivity index (χ1n) is 7.35. The van der Waals surface area contributed by atoms with Crippen LogP contribution >= 0.6 is 0 Å². The molecule has 1 N–H and O–H groups in total. The van der Waals surface area contributed by atoms with Crippen molar-refractivity contribution < 1.29 is 0 Å². The second kappa shape index (κ2) is 5.08. The lowest BCUT2D eigenvalue weighted by molar-refractivity contribution is 0.108. The summed E-state index contributed by atoms with van der Waals surface area (Å²) in [4.78, 5) is 0. The Morgan fingerprint density at radius 2 is 2.06 bits per heavy atom. The van der Waals surface area contributed by atoms with Crippen molar-refractivity contribution in [2.24, 2.45) is 17.3 Å². The molecular weight excluding hydrogens is 194 g/mol. The molecule has 4 atom stereocenters. The van der Waals surface area contributed by atoms with Crippen LogP contribution in [0.25, 0.3) is 0 Å². The largest absolute Gasteiger partial charge is 0.313 e. The first-order chi connectivity index (χ1) is 7.62. The first kappa shape index (κ1) is 12.4. The Morgan fingerprint density at radius 1 is 1.25 bits per heavy atom. The van der Waals surface area contributed by atoms with Gasteiger partial charge in [0.1, 0.15) is 0 Å². The fourth-order valence-corrected chi connectivity index (χ4v) is 3.58. The fourth-order valence-electron chi connectivity index (χ4n) is 3.58. The van der Waals surface area contributed by atoms with E-state index >= 15 is 0 Å². The quantitative estimate of drug-likeness (QED) is 0.760. The molecule has 1 heterocycles. The molecule has 0 aromatic rings. The summed E-state index contributed by atoms with van der Waals surface area (Å²) in [6, 6.07) is 0.836. The van der Waals surface area contributed by atoms with Gasteiger partial charge in [0.15, 0.2) is 0 Å². The normalized spacial score (nSPS) is 44.1. The molecule has 0 radical (unpaired) electrons. The van der Waals surface area contributed by atoms with Crippen molar-refractivity contribution in [2.75, 3.05) is 6.54 Å². The molecule has 1 nitrogen and oxygen atoms in total. The van der Waals surface area contributed by atoms with Gasteiger partial charge in [0.2, 0.25) is 0 Å². The van der Waals surface area contributed by atoms with Crippen molar-refractivity contribution in [3.63, 3.8) is 0 Å². The minimum Gasteiger partial charge on any atom is -0.313 e. The van der Waals surface area contributed by atoms with Gasteiger partial charge in [0.25, 0.3) is 0 Å². The Labute approximate surface area is 101 Å². The van der Waals surface area contributed by atoms with Crippen LogP contribution in [0.2, 0.25) is 0 Å². The Bertz CT molecular complexity index is 225. The summed E-state index contributed by atoms with van der Waals surface area (Å²) in [5, 5.41) is 3.56. The number of hydrogen-bond donors (Lipinski definition) is 1. The Hall–Kier alpha value is -0.0400. The molecule has 1 aliphatic heterocycles. The van der Waals surface area contributed by atoms with Crippen LogP contribution in [-0.4, -0.2) is 12.6 Å². The third kappa shape index (κ3) is 2.61. The number of rotatable bonds is 4. The standard InChI is InChI=1S/C15H29N/c1-12-11-16-14(12)8-6-10-15(3)9-5-4-7-13(15)2/h12-14,16H,4-11H2,1-3H3/t12-,13-,14+,15+/m1/s1. The van der Waals surface area contributed by atoms with Crippen molar-refractivity contribution in [1.82, 2.24) is 5.32 Å². The average molecular weight is 223 g/mol. The predicted molar refractivity (Wildman–Crippen MR) is 70.5 cm³/mol. The van der Waals surface area contributed by atoms with Crippen molar-refractivity contribution in [3.05, 3.63) is 0 Å². The molecule has 0 unspecified atom stereocenters. The topological polar surface area (TPSA) is 12.0 Å². The van der Waals surface area contributed by atoms with Crippen molar-refractivity contribution in [3.8, 4) is 0 Å². The maximum Gasteiger partial charge on any atom is 0.0105 e. The molecule has 94 valence electrons. The van der Waals surface area contributed by atoms with Gasteiger partial charge in [-0.25, -0.2) is 0 Å². The van der Waals surface area contributed by atoms with E-state index in [4.69, 9.17) is 0 Å². The van der Waals surface area contributed by atoms with E-state index in [1.54, 1.807) is 0 Å². The predicted octanol–water partition coefficient (Wildman–Crippen LogP) is 3.98. The summed E-state index contributed by atoms with van der Waals surface area (Å²) in [5.41, 5.74) is 0.658. The Balaban J connectivity index is 1.71. The van der Waals surface area contributed by atoms with E-state index in [2.05, 4.69) is 26.1 Å². The molecule has 0 aromatic heterocycles. The van der Waals surface area contributed by atoms with Gasteiger partial charge in [-0.3, -0.25) is 0 Å². The van der Waals surface area contributed by atoms with Crippen LogP contribution in [0, 0.1) is 17.3 Å². The molecule has 0 amide bonds. The molecule has 2 rings (SSSR count). The number of nitrogens with one attached hydrogen (secondary N) is 1. The van der Waals surface area contributed by atoms with Crippen LogP contribution in [0.5, 0.6) is 0 Å². The minimum absolute atomic E-state index is 0.658. The first-order valence-corrected chi connectivity index (χ1v) is 7.35. The van der Waals surface area contributed by atoms with E-state index in [0.717, 1.165) is 17.9 Å². The third-order valence-corrected chi connectivity index (χ3v) is 5.48. The molecular formula is C15H29N. The van der Waals surface area contributed by atoms with Crippen LogP contribution < -0.4 is 5.32 Å². The highest BCUT2D eigenvalue weighted by Gasteiger charge is 2.33. The lowest BCUT2D eigenvalue weighted by Gasteiger charge is -2.41. The molecule has 16 heavy (non-hydrogen) atoms. The Kier molecular flexibility index (Phi) is 3.94. The highest BCUT2D eigenvalue weighted by Crippen LogP contribution is 2.44. The van der Waals surface area contributed by atoms with E-state index < -0.39 is 0 Å². The van der Waals surface area contributed by atoms with Crippen LogP contribution in [0.3, 0.4) is 0 Å². The van der Waals surface area contributed by atoms with Crippen LogP contribution in [0.15, 0.2) is 0 Å². The molecule has 1 saturated carbocycles. The zero-order valence-corrected chi connectivity index (χ0v) is 11.4. The summed E-state index contributed by atoms with van der Waals surface area (Å²) in [6.45, 7) is 8.64. The van der Waals surface area contributed by atoms with Gasteiger partial charge >= 0.3 is 0 Å². The van der Waals surface area contributed by atoms with Crippen molar-refractivity contribution >= 4 is 0 Å². The molecule has 0 aromatic carbocycles. The fraction of sp³-hybridized carbons (Fsp3) is 1.00. The van der Waals surface area contributed by atoms with E-state index in [1.807, 2.05) is 0 Å². The van der Waals surface area contributed by atoms with E-state index in [-0.39, 0.29) is 0 Å². The van der Waals surface area contributed by atoms with Crippen molar-refractivity contribution in [1.29, 1.82) is 0 Å². The average Bonchev–Trinajstić information content (AvgIpc) is 2.27. The smallest absolute Gasteiger partial charge is 0.0105 e. The SMILES string of the molecule is C[C@@H]1CN[C@H]1CCC[C@]1(C)CCCC[C@H]1C. The maximum atomic E-state index is 3.56. The van der Waals surface area contributed by atoms with Crippen LogP contribution in [0.4, 0.5) is 0 Å². The molecule has 2 fully saturated rings. The second-order valence-electron chi connectivity index (χ2n) is 6.69.